The minimum absolute atomic E-state index is 0.0431. The van der Waals surface area contributed by atoms with Crippen LogP contribution in [0.2, 0.25) is 0 Å². The van der Waals surface area contributed by atoms with Crippen molar-refractivity contribution in [3.63, 3.8) is 0 Å². The van der Waals surface area contributed by atoms with Crippen molar-refractivity contribution in [2.24, 2.45) is 0 Å². The molecule has 0 atom stereocenters. The predicted molar refractivity (Wildman–Crippen MR) is 106 cm³/mol. The number of rotatable bonds is 4. The van der Waals surface area contributed by atoms with E-state index in [9.17, 15) is 9.59 Å². The highest BCUT2D eigenvalue weighted by Crippen LogP contribution is 2.22. The third-order valence-electron chi connectivity index (χ3n) is 4.31. The van der Waals surface area contributed by atoms with Crippen molar-refractivity contribution in [2.45, 2.75) is 38.2 Å². The van der Waals surface area contributed by atoms with Gasteiger partial charge in [-0.2, -0.15) is 0 Å². The SMILES string of the molecule is O=C(Nc1ccc(C(=O)OC2CCCCC2)cc1)c1ccc(I)cc1. The summed E-state index contributed by atoms with van der Waals surface area (Å²) in [7, 11) is 0. The lowest BCUT2D eigenvalue weighted by Crippen LogP contribution is -2.20. The van der Waals surface area contributed by atoms with Gasteiger partial charge in [-0.25, -0.2) is 4.79 Å². The minimum atomic E-state index is -0.289. The van der Waals surface area contributed by atoms with Gasteiger partial charge in [0.1, 0.15) is 6.10 Å². The Morgan fingerprint density at radius 3 is 2.12 bits per heavy atom. The maximum absolute atomic E-state index is 12.2. The van der Waals surface area contributed by atoms with Crippen LogP contribution in [-0.4, -0.2) is 18.0 Å². The van der Waals surface area contributed by atoms with Crippen LogP contribution in [0.1, 0.15) is 52.8 Å². The molecule has 0 heterocycles. The molecule has 1 aliphatic carbocycles. The van der Waals surface area contributed by atoms with Gasteiger partial charge in [-0.3, -0.25) is 4.79 Å². The van der Waals surface area contributed by atoms with E-state index in [0.717, 1.165) is 29.3 Å². The van der Waals surface area contributed by atoms with E-state index in [4.69, 9.17) is 4.74 Å². The highest BCUT2D eigenvalue weighted by molar-refractivity contribution is 14.1. The summed E-state index contributed by atoms with van der Waals surface area (Å²) in [5.74, 6) is -0.462. The number of anilines is 1. The molecule has 1 aliphatic rings. The fourth-order valence-corrected chi connectivity index (χ4v) is 3.26. The third-order valence-corrected chi connectivity index (χ3v) is 5.03. The molecule has 4 nitrogen and oxygen atoms in total. The van der Waals surface area contributed by atoms with Crippen LogP contribution in [0, 0.1) is 3.57 Å². The molecule has 1 fully saturated rings. The first kappa shape index (κ1) is 17.9. The molecule has 0 saturated heterocycles. The van der Waals surface area contributed by atoms with Gasteiger partial charge in [0.15, 0.2) is 0 Å². The Bertz CT molecular complexity index is 735. The lowest BCUT2D eigenvalue weighted by molar-refractivity contribution is 0.0211. The summed E-state index contributed by atoms with van der Waals surface area (Å²) in [6.07, 6.45) is 5.43. The molecule has 0 bridgehead atoms. The number of nitrogens with one attached hydrogen (secondary N) is 1. The maximum Gasteiger partial charge on any atom is 0.338 e. The highest BCUT2D eigenvalue weighted by atomic mass is 127. The van der Waals surface area contributed by atoms with E-state index in [1.54, 1.807) is 36.4 Å². The second-order valence-electron chi connectivity index (χ2n) is 6.20. The smallest absolute Gasteiger partial charge is 0.338 e. The first-order valence-corrected chi connectivity index (χ1v) is 9.58. The van der Waals surface area contributed by atoms with E-state index in [1.165, 1.54) is 6.42 Å². The number of ether oxygens (including phenoxy) is 1. The first-order chi connectivity index (χ1) is 12.1. The maximum atomic E-state index is 12.2. The first-order valence-electron chi connectivity index (χ1n) is 8.50. The number of halogens is 1. The van der Waals surface area contributed by atoms with E-state index in [0.29, 0.717) is 16.8 Å². The second kappa shape index (κ2) is 8.47. The van der Waals surface area contributed by atoms with Crippen molar-refractivity contribution in [1.29, 1.82) is 0 Å². The van der Waals surface area contributed by atoms with Crippen molar-refractivity contribution in [1.82, 2.24) is 0 Å². The summed E-state index contributed by atoms with van der Waals surface area (Å²) < 4.78 is 6.63. The van der Waals surface area contributed by atoms with Crippen LogP contribution in [0.3, 0.4) is 0 Å². The number of esters is 1. The molecule has 0 spiro atoms. The molecule has 25 heavy (non-hydrogen) atoms. The second-order valence-corrected chi connectivity index (χ2v) is 7.45. The van der Waals surface area contributed by atoms with Gasteiger partial charge in [-0.1, -0.05) is 6.42 Å². The summed E-state index contributed by atoms with van der Waals surface area (Å²) in [4.78, 5) is 24.4. The quantitative estimate of drug-likeness (QED) is 0.526. The molecule has 1 N–H and O–H groups in total. The van der Waals surface area contributed by atoms with Gasteiger partial charge in [0.2, 0.25) is 0 Å². The molecule has 0 aromatic heterocycles. The van der Waals surface area contributed by atoms with Crippen LogP contribution in [0.5, 0.6) is 0 Å². The molecule has 1 amide bonds. The van der Waals surface area contributed by atoms with Gasteiger partial charge in [0.25, 0.3) is 5.91 Å². The van der Waals surface area contributed by atoms with Gasteiger partial charge in [-0.05, 0) is 96.8 Å². The Morgan fingerprint density at radius 2 is 1.48 bits per heavy atom. The average Bonchev–Trinajstić information content (AvgIpc) is 2.63. The van der Waals surface area contributed by atoms with Crippen LogP contribution in [0.25, 0.3) is 0 Å². The summed E-state index contributed by atoms with van der Waals surface area (Å²) in [5.41, 5.74) is 1.76. The molecule has 5 heteroatoms. The zero-order chi connectivity index (χ0) is 17.6. The predicted octanol–water partition coefficient (Wildman–Crippen LogP) is 5.03. The largest absolute Gasteiger partial charge is 0.459 e. The topological polar surface area (TPSA) is 55.4 Å². The Kier molecular flexibility index (Phi) is 6.07. The fourth-order valence-electron chi connectivity index (χ4n) is 2.90. The summed E-state index contributed by atoms with van der Waals surface area (Å²) >= 11 is 2.20. The van der Waals surface area contributed by atoms with Crippen LogP contribution < -0.4 is 5.32 Å². The van der Waals surface area contributed by atoms with Gasteiger partial charge in [-0.15, -0.1) is 0 Å². The van der Waals surface area contributed by atoms with Crippen molar-refractivity contribution in [2.75, 3.05) is 5.32 Å². The molecular formula is C20H20INO3. The van der Waals surface area contributed by atoms with Crippen LogP contribution in [-0.2, 0) is 4.74 Å². The molecule has 1 saturated carbocycles. The molecule has 0 unspecified atom stereocenters. The summed E-state index contributed by atoms with van der Waals surface area (Å²) in [6.45, 7) is 0. The molecule has 0 aliphatic heterocycles. The Balaban J connectivity index is 1.58. The van der Waals surface area contributed by atoms with Crippen LogP contribution in [0.15, 0.2) is 48.5 Å². The van der Waals surface area contributed by atoms with Gasteiger partial charge < -0.3 is 10.1 Å². The van der Waals surface area contributed by atoms with E-state index in [-0.39, 0.29) is 18.0 Å². The number of carbonyl (C=O) groups is 2. The normalized spacial score (nSPS) is 14.8. The zero-order valence-corrected chi connectivity index (χ0v) is 16.0. The van der Waals surface area contributed by atoms with Gasteiger partial charge >= 0.3 is 5.97 Å². The lowest BCUT2D eigenvalue weighted by Gasteiger charge is -2.21. The van der Waals surface area contributed by atoms with Crippen molar-refractivity contribution in [3.8, 4) is 0 Å². The van der Waals surface area contributed by atoms with Crippen molar-refractivity contribution < 1.29 is 14.3 Å². The number of hydrogen-bond donors (Lipinski definition) is 1. The lowest BCUT2D eigenvalue weighted by atomic mass is 9.98. The van der Waals surface area contributed by atoms with Crippen molar-refractivity contribution in [3.05, 3.63) is 63.2 Å². The minimum Gasteiger partial charge on any atom is -0.459 e. The molecule has 3 rings (SSSR count). The Hall–Kier alpha value is -1.89. The monoisotopic (exact) mass is 449 g/mol. The zero-order valence-electron chi connectivity index (χ0n) is 13.8. The molecular weight excluding hydrogens is 429 g/mol. The third kappa shape index (κ3) is 5.04. The van der Waals surface area contributed by atoms with Crippen LogP contribution in [0.4, 0.5) is 5.69 Å². The standard InChI is InChI=1S/C20H20INO3/c21-16-10-6-14(7-11-16)19(23)22-17-12-8-15(9-13-17)20(24)25-18-4-2-1-3-5-18/h6-13,18H,1-5H2,(H,22,23). The fraction of sp³-hybridized carbons (Fsp3) is 0.300. The number of carbonyl (C=O) groups excluding carboxylic acids is 2. The van der Waals surface area contributed by atoms with E-state index in [2.05, 4.69) is 27.9 Å². The number of benzene rings is 2. The van der Waals surface area contributed by atoms with E-state index in [1.807, 2.05) is 12.1 Å². The Labute approximate surface area is 161 Å². The Morgan fingerprint density at radius 1 is 0.880 bits per heavy atom. The molecule has 130 valence electrons. The van der Waals surface area contributed by atoms with Gasteiger partial charge in [0, 0.05) is 14.8 Å². The number of hydrogen-bond acceptors (Lipinski definition) is 3. The summed E-state index contributed by atoms with van der Waals surface area (Å²) in [6, 6.07) is 14.2. The van der Waals surface area contributed by atoms with Gasteiger partial charge in [0.05, 0.1) is 5.56 Å². The molecule has 2 aromatic rings. The van der Waals surface area contributed by atoms with Crippen molar-refractivity contribution >= 4 is 40.2 Å². The highest BCUT2D eigenvalue weighted by Gasteiger charge is 2.18. The van der Waals surface area contributed by atoms with E-state index < -0.39 is 0 Å². The molecule has 2 aromatic carbocycles. The average molecular weight is 449 g/mol. The summed E-state index contributed by atoms with van der Waals surface area (Å²) in [5, 5.41) is 2.83. The number of amides is 1. The van der Waals surface area contributed by atoms with Crippen LogP contribution >= 0.6 is 22.6 Å². The van der Waals surface area contributed by atoms with E-state index >= 15 is 0 Å². The molecule has 0 radical (unpaired) electrons.